The number of likely N-dealkylation sites (N-methyl/N-ethyl adjacent to an activating group) is 1. The molecule has 5 amide bonds. The number of hydrogen-bond acceptors (Lipinski definition) is 6. The molecule has 0 spiro atoms. The average Bonchev–Trinajstić information content (AvgIpc) is 3.08. The minimum absolute atomic E-state index is 0.0152. The Bertz CT molecular complexity index is 1570. The molecule has 11 nitrogen and oxygen atoms in total. The molecule has 3 atom stereocenters. The normalized spacial score (nSPS) is 19.8. The van der Waals surface area contributed by atoms with Crippen LogP contribution in [0.25, 0.3) is 0 Å². The zero-order chi connectivity index (χ0) is 35.2. The standard InChI is InChI=1S/C38H47N5O6/c1-26(2)22-29-25-49-33-17-11-10-16-30(33)36(46)42-31(37(47)39-21-20-27-12-6-4-7-13-27)18-19-34(44)41-32(23-28-14-8-5-9-15-28)38(48)43(3)24-35(45)40-29/h4-17,26,29,31-32H,18-25H2,1-3H3,(H,39,47)(H,40,45)(H,41,44)(H,42,46)/t29-,31-,32-/m0/s1. The van der Waals surface area contributed by atoms with Crippen LogP contribution in [0.15, 0.2) is 84.9 Å². The number of amides is 5. The van der Waals surface area contributed by atoms with Gasteiger partial charge < -0.3 is 30.9 Å². The molecule has 3 aromatic rings. The van der Waals surface area contributed by atoms with Crippen molar-refractivity contribution in [1.29, 1.82) is 0 Å². The van der Waals surface area contributed by atoms with Crippen LogP contribution in [0.2, 0.25) is 0 Å². The highest BCUT2D eigenvalue weighted by molar-refractivity contribution is 6.00. The van der Waals surface area contributed by atoms with Gasteiger partial charge in [-0.1, -0.05) is 86.6 Å². The number of fused-ring (bicyclic) bond motifs is 1. The highest BCUT2D eigenvalue weighted by Gasteiger charge is 2.29. The van der Waals surface area contributed by atoms with E-state index in [1.54, 1.807) is 24.3 Å². The van der Waals surface area contributed by atoms with E-state index in [1.807, 2.05) is 74.5 Å². The summed E-state index contributed by atoms with van der Waals surface area (Å²) >= 11 is 0. The van der Waals surface area contributed by atoms with Crippen molar-refractivity contribution in [3.8, 4) is 5.75 Å². The molecule has 3 aromatic carbocycles. The number of carbonyl (C=O) groups excluding carboxylic acids is 5. The van der Waals surface area contributed by atoms with E-state index < -0.39 is 41.8 Å². The molecule has 1 heterocycles. The van der Waals surface area contributed by atoms with Crippen LogP contribution < -0.4 is 26.0 Å². The molecule has 0 aromatic heterocycles. The third kappa shape index (κ3) is 11.8. The third-order valence-corrected chi connectivity index (χ3v) is 8.20. The van der Waals surface area contributed by atoms with Crippen molar-refractivity contribution in [2.24, 2.45) is 5.92 Å². The van der Waals surface area contributed by atoms with Gasteiger partial charge in [-0.15, -0.1) is 0 Å². The van der Waals surface area contributed by atoms with Gasteiger partial charge in [-0.05, 0) is 48.4 Å². The van der Waals surface area contributed by atoms with E-state index in [1.165, 1.54) is 11.9 Å². The quantitative estimate of drug-likeness (QED) is 0.290. The van der Waals surface area contributed by atoms with Crippen molar-refractivity contribution in [3.63, 3.8) is 0 Å². The van der Waals surface area contributed by atoms with Crippen molar-refractivity contribution < 1.29 is 28.7 Å². The zero-order valence-electron chi connectivity index (χ0n) is 28.4. The first kappa shape index (κ1) is 36.6. The van der Waals surface area contributed by atoms with Crippen LogP contribution in [0.3, 0.4) is 0 Å². The number of ether oxygens (including phenoxy) is 1. The minimum Gasteiger partial charge on any atom is -0.491 e. The molecular formula is C38H47N5O6. The van der Waals surface area contributed by atoms with Crippen LogP contribution in [0, 0.1) is 5.92 Å². The molecule has 49 heavy (non-hydrogen) atoms. The lowest BCUT2D eigenvalue weighted by atomic mass is 10.0. The molecule has 0 bridgehead atoms. The fourth-order valence-corrected chi connectivity index (χ4v) is 5.74. The van der Waals surface area contributed by atoms with Crippen LogP contribution >= 0.6 is 0 Å². The summed E-state index contributed by atoms with van der Waals surface area (Å²) in [6, 6.07) is 23.3. The number of benzene rings is 3. The maximum atomic E-state index is 13.7. The molecule has 260 valence electrons. The molecule has 11 heteroatoms. The van der Waals surface area contributed by atoms with Crippen LogP contribution in [0.4, 0.5) is 0 Å². The van der Waals surface area contributed by atoms with E-state index >= 15 is 0 Å². The second kappa shape index (κ2) is 18.4. The van der Waals surface area contributed by atoms with Gasteiger partial charge in [-0.3, -0.25) is 24.0 Å². The second-order valence-corrected chi connectivity index (χ2v) is 12.8. The van der Waals surface area contributed by atoms with Gasteiger partial charge in [0.1, 0.15) is 24.4 Å². The van der Waals surface area contributed by atoms with Gasteiger partial charge in [0, 0.05) is 26.4 Å². The number of hydrogen-bond donors (Lipinski definition) is 4. The van der Waals surface area contributed by atoms with Gasteiger partial charge in [-0.2, -0.15) is 0 Å². The zero-order valence-corrected chi connectivity index (χ0v) is 28.4. The Balaban J connectivity index is 1.60. The lowest BCUT2D eigenvalue weighted by molar-refractivity contribution is -0.138. The Morgan fingerprint density at radius 2 is 1.51 bits per heavy atom. The predicted molar refractivity (Wildman–Crippen MR) is 187 cm³/mol. The first-order chi connectivity index (χ1) is 23.6. The molecule has 4 rings (SSSR count). The maximum absolute atomic E-state index is 13.7. The number of para-hydroxylation sites is 1. The fourth-order valence-electron chi connectivity index (χ4n) is 5.74. The smallest absolute Gasteiger partial charge is 0.255 e. The Morgan fingerprint density at radius 1 is 0.857 bits per heavy atom. The number of carbonyl (C=O) groups is 5. The van der Waals surface area contributed by atoms with E-state index in [0.29, 0.717) is 25.1 Å². The average molecular weight is 670 g/mol. The van der Waals surface area contributed by atoms with Gasteiger partial charge in [0.25, 0.3) is 5.91 Å². The third-order valence-electron chi connectivity index (χ3n) is 8.20. The minimum atomic E-state index is -1.04. The fraction of sp³-hybridized carbons (Fsp3) is 0.395. The molecular weight excluding hydrogens is 622 g/mol. The molecule has 0 aliphatic carbocycles. The Morgan fingerprint density at radius 3 is 2.20 bits per heavy atom. The molecule has 1 aliphatic heterocycles. The first-order valence-electron chi connectivity index (χ1n) is 16.8. The lowest BCUT2D eigenvalue weighted by Gasteiger charge is -2.27. The van der Waals surface area contributed by atoms with Crippen molar-refractivity contribution >= 4 is 29.5 Å². The van der Waals surface area contributed by atoms with Crippen LogP contribution in [0.5, 0.6) is 5.75 Å². The second-order valence-electron chi connectivity index (χ2n) is 12.8. The first-order valence-corrected chi connectivity index (χ1v) is 16.8. The van der Waals surface area contributed by atoms with Crippen molar-refractivity contribution in [3.05, 3.63) is 102 Å². The summed E-state index contributed by atoms with van der Waals surface area (Å²) in [6.07, 6.45) is 1.23. The van der Waals surface area contributed by atoms with Crippen LogP contribution in [0.1, 0.15) is 54.6 Å². The highest BCUT2D eigenvalue weighted by atomic mass is 16.5. The summed E-state index contributed by atoms with van der Waals surface area (Å²) in [5.74, 6) is -1.72. The van der Waals surface area contributed by atoms with Crippen molar-refractivity contribution in [2.45, 2.75) is 64.1 Å². The SMILES string of the molecule is CC(C)C[C@H]1COc2ccccc2C(=O)N[C@H](C(=O)NCCc2ccccc2)CCC(=O)N[C@@H](Cc2ccccc2)C(=O)N(C)CC(=O)N1. The summed E-state index contributed by atoms with van der Waals surface area (Å²) in [7, 11) is 1.53. The largest absolute Gasteiger partial charge is 0.491 e. The van der Waals surface area contributed by atoms with Gasteiger partial charge >= 0.3 is 0 Å². The van der Waals surface area contributed by atoms with E-state index in [0.717, 1.165) is 11.1 Å². The predicted octanol–water partition coefficient (Wildman–Crippen LogP) is 3.03. The van der Waals surface area contributed by atoms with E-state index in [4.69, 9.17) is 4.74 Å². The lowest BCUT2D eigenvalue weighted by Crippen LogP contribution is -2.52. The van der Waals surface area contributed by atoms with Crippen LogP contribution in [-0.4, -0.2) is 79.3 Å². The Labute approximate surface area is 288 Å². The molecule has 0 fully saturated rings. The summed E-state index contributed by atoms with van der Waals surface area (Å²) in [5.41, 5.74) is 2.10. The summed E-state index contributed by atoms with van der Waals surface area (Å²) in [6.45, 7) is 4.25. The molecule has 0 saturated carbocycles. The Kier molecular flexibility index (Phi) is 13.7. The summed E-state index contributed by atoms with van der Waals surface area (Å²) < 4.78 is 6.10. The Hall–Kier alpha value is -5.19. The van der Waals surface area contributed by atoms with E-state index in [9.17, 15) is 24.0 Å². The van der Waals surface area contributed by atoms with E-state index in [-0.39, 0.29) is 49.8 Å². The molecule has 0 saturated heterocycles. The van der Waals surface area contributed by atoms with Gasteiger partial charge in [-0.25, -0.2) is 0 Å². The molecule has 1 aliphatic rings. The topological polar surface area (TPSA) is 146 Å². The van der Waals surface area contributed by atoms with Gasteiger partial charge in [0.2, 0.25) is 23.6 Å². The highest BCUT2D eigenvalue weighted by Crippen LogP contribution is 2.20. The number of nitrogens with one attached hydrogen (secondary N) is 4. The van der Waals surface area contributed by atoms with Gasteiger partial charge in [0.05, 0.1) is 18.2 Å². The van der Waals surface area contributed by atoms with E-state index in [2.05, 4.69) is 21.3 Å². The van der Waals surface area contributed by atoms with Crippen LogP contribution in [-0.2, 0) is 32.0 Å². The molecule has 0 radical (unpaired) electrons. The maximum Gasteiger partial charge on any atom is 0.255 e. The summed E-state index contributed by atoms with van der Waals surface area (Å²) in [4.78, 5) is 68.6. The molecule has 4 N–H and O–H groups in total. The number of nitrogens with zero attached hydrogens (tertiary/aromatic N) is 1. The monoisotopic (exact) mass is 669 g/mol. The van der Waals surface area contributed by atoms with Crippen molar-refractivity contribution in [1.82, 2.24) is 26.2 Å². The molecule has 0 unspecified atom stereocenters. The number of rotatable bonds is 8. The summed E-state index contributed by atoms with van der Waals surface area (Å²) in [5, 5.41) is 11.5. The van der Waals surface area contributed by atoms with Crippen molar-refractivity contribution in [2.75, 3.05) is 26.7 Å². The van der Waals surface area contributed by atoms with Gasteiger partial charge in [0.15, 0.2) is 0 Å².